The fourth-order valence-corrected chi connectivity index (χ4v) is 2.93. The summed E-state index contributed by atoms with van der Waals surface area (Å²) >= 11 is 1.65. The second-order valence-corrected chi connectivity index (χ2v) is 6.51. The SMILES string of the molecule is CC(C)(C)c1csc(CC2COCCC2=O)n1. The standard InChI is InChI=1S/C13H19NO2S/c1-13(2,3)11-8-17-12(14-11)6-9-7-16-5-4-10(9)15/h8-9H,4-7H2,1-3H3. The molecule has 0 N–H and O–H groups in total. The molecule has 1 aliphatic heterocycles. The van der Waals surface area contributed by atoms with Crippen LogP contribution in [0.3, 0.4) is 0 Å². The van der Waals surface area contributed by atoms with Crippen LogP contribution in [0.15, 0.2) is 5.38 Å². The molecule has 1 aliphatic rings. The molecule has 1 fully saturated rings. The zero-order valence-corrected chi connectivity index (χ0v) is 11.5. The predicted molar refractivity (Wildman–Crippen MR) is 68.5 cm³/mol. The predicted octanol–water partition coefficient (Wildman–Crippen LogP) is 2.59. The van der Waals surface area contributed by atoms with Crippen LogP contribution in [0.1, 0.15) is 37.9 Å². The van der Waals surface area contributed by atoms with E-state index in [-0.39, 0.29) is 11.3 Å². The normalized spacial score (nSPS) is 21.8. The van der Waals surface area contributed by atoms with Crippen molar-refractivity contribution in [2.45, 2.75) is 39.0 Å². The molecule has 3 nitrogen and oxygen atoms in total. The Morgan fingerprint density at radius 3 is 2.88 bits per heavy atom. The Morgan fingerprint density at radius 2 is 2.29 bits per heavy atom. The van der Waals surface area contributed by atoms with Crippen molar-refractivity contribution in [2.24, 2.45) is 5.92 Å². The van der Waals surface area contributed by atoms with Crippen molar-refractivity contribution in [3.8, 4) is 0 Å². The van der Waals surface area contributed by atoms with Gasteiger partial charge in [0.05, 0.1) is 23.9 Å². The fourth-order valence-electron chi connectivity index (χ4n) is 1.83. The molecular weight excluding hydrogens is 234 g/mol. The van der Waals surface area contributed by atoms with E-state index in [1.807, 2.05) is 0 Å². The molecule has 1 unspecified atom stereocenters. The van der Waals surface area contributed by atoms with Gasteiger partial charge >= 0.3 is 0 Å². The van der Waals surface area contributed by atoms with E-state index in [2.05, 4.69) is 31.1 Å². The maximum absolute atomic E-state index is 11.7. The fraction of sp³-hybridized carbons (Fsp3) is 0.692. The zero-order valence-electron chi connectivity index (χ0n) is 10.7. The average Bonchev–Trinajstić information content (AvgIpc) is 2.69. The highest BCUT2D eigenvalue weighted by Crippen LogP contribution is 2.26. The van der Waals surface area contributed by atoms with Gasteiger partial charge in [-0.05, 0) is 0 Å². The monoisotopic (exact) mass is 253 g/mol. The lowest BCUT2D eigenvalue weighted by Gasteiger charge is -2.20. The Balaban J connectivity index is 2.03. The number of hydrogen-bond donors (Lipinski definition) is 0. The molecule has 94 valence electrons. The van der Waals surface area contributed by atoms with Gasteiger partial charge < -0.3 is 4.74 Å². The molecule has 0 bridgehead atoms. The first kappa shape index (κ1) is 12.7. The molecule has 1 aromatic rings. The van der Waals surface area contributed by atoms with Crippen molar-refractivity contribution in [2.75, 3.05) is 13.2 Å². The molecule has 0 aromatic carbocycles. The maximum Gasteiger partial charge on any atom is 0.140 e. The van der Waals surface area contributed by atoms with Gasteiger partial charge in [0, 0.05) is 29.6 Å². The summed E-state index contributed by atoms with van der Waals surface area (Å²) in [6.45, 7) is 7.60. The second-order valence-electron chi connectivity index (χ2n) is 5.57. The van der Waals surface area contributed by atoms with Gasteiger partial charge in [-0.1, -0.05) is 20.8 Å². The number of ether oxygens (including phenoxy) is 1. The van der Waals surface area contributed by atoms with Gasteiger partial charge in [-0.15, -0.1) is 11.3 Å². The van der Waals surface area contributed by atoms with Crippen LogP contribution in [0.4, 0.5) is 0 Å². The summed E-state index contributed by atoms with van der Waals surface area (Å²) < 4.78 is 5.35. The van der Waals surface area contributed by atoms with Crippen LogP contribution < -0.4 is 0 Å². The molecule has 0 saturated carbocycles. The number of nitrogens with zero attached hydrogens (tertiary/aromatic N) is 1. The third-order valence-corrected chi connectivity index (χ3v) is 3.88. The molecule has 1 atom stereocenters. The van der Waals surface area contributed by atoms with Crippen molar-refractivity contribution in [1.82, 2.24) is 4.98 Å². The number of rotatable bonds is 2. The summed E-state index contributed by atoms with van der Waals surface area (Å²) in [6.07, 6.45) is 1.29. The van der Waals surface area contributed by atoms with Gasteiger partial charge in [-0.3, -0.25) is 4.79 Å². The lowest BCUT2D eigenvalue weighted by Crippen LogP contribution is -2.29. The van der Waals surface area contributed by atoms with Gasteiger partial charge in [0.1, 0.15) is 5.78 Å². The van der Waals surface area contributed by atoms with Gasteiger partial charge in [0.25, 0.3) is 0 Å². The molecule has 0 amide bonds. The molecule has 0 radical (unpaired) electrons. The first-order chi connectivity index (χ1) is 7.97. The maximum atomic E-state index is 11.7. The largest absolute Gasteiger partial charge is 0.380 e. The quantitative estimate of drug-likeness (QED) is 0.813. The lowest BCUT2D eigenvalue weighted by molar-refractivity contribution is -0.130. The average molecular weight is 253 g/mol. The van der Waals surface area contributed by atoms with Crippen molar-refractivity contribution in [3.05, 3.63) is 16.1 Å². The molecule has 17 heavy (non-hydrogen) atoms. The Bertz CT molecular complexity index is 406. The highest BCUT2D eigenvalue weighted by atomic mass is 32.1. The highest BCUT2D eigenvalue weighted by Gasteiger charge is 2.25. The Labute approximate surface area is 106 Å². The van der Waals surface area contributed by atoms with E-state index in [1.54, 1.807) is 11.3 Å². The van der Waals surface area contributed by atoms with Gasteiger partial charge in [0.15, 0.2) is 0 Å². The van der Waals surface area contributed by atoms with Crippen LogP contribution in [-0.4, -0.2) is 24.0 Å². The minimum Gasteiger partial charge on any atom is -0.380 e. The van der Waals surface area contributed by atoms with E-state index in [9.17, 15) is 4.79 Å². The molecule has 2 heterocycles. The molecular formula is C13H19NO2S. The van der Waals surface area contributed by atoms with Crippen LogP contribution >= 0.6 is 11.3 Å². The van der Waals surface area contributed by atoms with Crippen molar-refractivity contribution >= 4 is 17.1 Å². The van der Waals surface area contributed by atoms with Crippen LogP contribution in [0.25, 0.3) is 0 Å². The Hall–Kier alpha value is -0.740. The smallest absolute Gasteiger partial charge is 0.140 e. The lowest BCUT2D eigenvalue weighted by atomic mass is 9.93. The van der Waals surface area contributed by atoms with Crippen molar-refractivity contribution in [1.29, 1.82) is 0 Å². The van der Waals surface area contributed by atoms with E-state index in [4.69, 9.17) is 4.74 Å². The van der Waals surface area contributed by atoms with Crippen LogP contribution in [-0.2, 0) is 21.4 Å². The molecule has 2 rings (SSSR count). The zero-order chi connectivity index (χ0) is 12.5. The topological polar surface area (TPSA) is 39.2 Å². The summed E-state index contributed by atoms with van der Waals surface area (Å²) in [5.74, 6) is 0.339. The van der Waals surface area contributed by atoms with Crippen LogP contribution in [0, 0.1) is 5.92 Å². The summed E-state index contributed by atoms with van der Waals surface area (Å²) in [6, 6.07) is 0. The summed E-state index contributed by atoms with van der Waals surface area (Å²) in [7, 11) is 0. The van der Waals surface area contributed by atoms with Crippen molar-refractivity contribution < 1.29 is 9.53 Å². The summed E-state index contributed by atoms with van der Waals surface area (Å²) in [4.78, 5) is 16.3. The van der Waals surface area contributed by atoms with Crippen molar-refractivity contribution in [3.63, 3.8) is 0 Å². The Kier molecular flexibility index (Phi) is 3.64. The Morgan fingerprint density at radius 1 is 1.53 bits per heavy atom. The minimum absolute atomic E-state index is 0.0164. The number of carbonyl (C=O) groups is 1. The molecule has 1 aromatic heterocycles. The molecule has 4 heteroatoms. The van der Waals surface area contributed by atoms with E-state index in [0.29, 0.717) is 25.4 Å². The van der Waals surface area contributed by atoms with E-state index < -0.39 is 0 Å². The number of aromatic nitrogens is 1. The van der Waals surface area contributed by atoms with Crippen LogP contribution in [0.5, 0.6) is 0 Å². The van der Waals surface area contributed by atoms with Gasteiger partial charge in [-0.25, -0.2) is 4.98 Å². The number of carbonyl (C=O) groups excluding carboxylic acids is 1. The second kappa shape index (κ2) is 4.86. The first-order valence-corrected chi connectivity index (χ1v) is 6.90. The molecule has 0 spiro atoms. The van der Waals surface area contributed by atoms with Crippen LogP contribution in [0.2, 0.25) is 0 Å². The number of Topliss-reactive ketones (excluding diaryl/α,β-unsaturated/α-hetero) is 1. The third kappa shape index (κ3) is 3.13. The summed E-state index contributed by atoms with van der Waals surface area (Å²) in [5.41, 5.74) is 1.20. The minimum atomic E-state index is 0.0164. The number of thiazole rings is 1. The molecule has 1 saturated heterocycles. The van der Waals surface area contributed by atoms with E-state index >= 15 is 0 Å². The van der Waals surface area contributed by atoms with E-state index in [1.165, 1.54) is 0 Å². The summed E-state index contributed by atoms with van der Waals surface area (Å²) in [5, 5.41) is 3.16. The van der Waals surface area contributed by atoms with E-state index in [0.717, 1.165) is 17.1 Å². The highest BCUT2D eigenvalue weighted by molar-refractivity contribution is 7.09. The number of hydrogen-bond acceptors (Lipinski definition) is 4. The molecule has 0 aliphatic carbocycles. The number of ketones is 1. The third-order valence-electron chi connectivity index (χ3n) is 3.01. The first-order valence-electron chi connectivity index (χ1n) is 6.02. The van der Waals surface area contributed by atoms with Gasteiger partial charge in [0.2, 0.25) is 0 Å². The van der Waals surface area contributed by atoms with Gasteiger partial charge in [-0.2, -0.15) is 0 Å².